The molecule has 3 aromatic rings. The van der Waals surface area contributed by atoms with Gasteiger partial charge in [-0.15, -0.1) is 11.3 Å². The molecule has 0 aromatic carbocycles. The van der Waals surface area contributed by atoms with Gasteiger partial charge >= 0.3 is 0 Å². The molecule has 0 aliphatic carbocycles. The van der Waals surface area contributed by atoms with Crippen LogP contribution in [0, 0.1) is 6.92 Å². The lowest BCUT2D eigenvalue weighted by molar-refractivity contribution is -0.124. The summed E-state index contributed by atoms with van der Waals surface area (Å²) in [7, 11) is 0. The highest BCUT2D eigenvalue weighted by atomic mass is 32.1. The average molecular weight is 344 g/mol. The third-order valence-electron chi connectivity index (χ3n) is 3.53. The summed E-state index contributed by atoms with van der Waals surface area (Å²) in [4.78, 5) is 29.6. The Morgan fingerprint density at radius 3 is 2.92 bits per heavy atom. The predicted octanol–water partition coefficient (Wildman–Crippen LogP) is 2.15. The van der Waals surface area contributed by atoms with Crippen molar-refractivity contribution >= 4 is 17.2 Å². The number of carbonyl (C=O) groups excluding carboxylic acids is 1. The highest BCUT2D eigenvalue weighted by Gasteiger charge is 2.17. The first-order chi connectivity index (χ1) is 11.5. The molecule has 7 nitrogen and oxygen atoms in total. The molecular weight excluding hydrogens is 328 g/mol. The van der Waals surface area contributed by atoms with Gasteiger partial charge in [0.05, 0.1) is 12.1 Å². The number of hydrogen-bond acceptors (Lipinski definition) is 6. The van der Waals surface area contributed by atoms with Gasteiger partial charge in [0.25, 0.3) is 11.4 Å². The predicted molar refractivity (Wildman–Crippen MR) is 89.6 cm³/mol. The Labute approximate surface area is 141 Å². The van der Waals surface area contributed by atoms with Gasteiger partial charge in [0.1, 0.15) is 6.04 Å². The van der Waals surface area contributed by atoms with Crippen LogP contribution >= 0.6 is 11.3 Å². The zero-order valence-corrected chi connectivity index (χ0v) is 14.0. The van der Waals surface area contributed by atoms with Gasteiger partial charge in [-0.05, 0) is 31.4 Å². The maximum atomic E-state index is 12.3. The first-order valence-corrected chi connectivity index (χ1v) is 8.25. The van der Waals surface area contributed by atoms with E-state index in [0.29, 0.717) is 23.8 Å². The molecule has 1 atom stereocenters. The van der Waals surface area contributed by atoms with E-state index in [1.54, 1.807) is 37.4 Å². The molecule has 0 aliphatic rings. The van der Waals surface area contributed by atoms with Crippen molar-refractivity contribution in [3.8, 4) is 11.5 Å². The summed E-state index contributed by atoms with van der Waals surface area (Å²) in [6.45, 7) is 3.83. The Balaban J connectivity index is 1.79. The highest BCUT2D eigenvalue weighted by Crippen LogP contribution is 2.17. The zero-order chi connectivity index (χ0) is 17.1. The number of nitrogens with zero attached hydrogens (tertiary/aromatic N) is 3. The monoisotopic (exact) mass is 344 g/mol. The fourth-order valence-corrected chi connectivity index (χ4v) is 2.85. The van der Waals surface area contributed by atoms with Gasteiger partial charge in [-0.2, -0.15) is 4.98 Å². The van der Waals surface area contributed by atoms with E-state index in [2.05, 4.69) is 15.5 Å². The number of nitrogens with one attached hydrogen (secondary N) is 1. The standard InChI is InChI=1S/C16H16N4O3S/c1-10(15(22)17-8-13-4-3-7-24-13)20-9-12(5-6-14(20)21)16-18-11(2)19-23-16/h3-7,9-10H,8H2,1-2H3,(H,17,22). The number of thiophene rings is 1. The lowest BCUT2D eigenvalue weighted by atomic mass is 10.2. The molecule has 24 heavy (non-hydrogen) atoms. The number of hydrogen-bond donors (Lipinski definition) is 1. The van der Waals surface area contributed by atoms with Crippen LogP contribution in [0.1, 0.15) is 23.7 Å². The fraction of sp³-hybridized carbons (Fsp3) is 0.250. The molecule has 3 rings (SSSR count). The average Bonchev–Trinajstić information content (AvgIpc) is 3.24. The third kappa shape index (κ3) is 3.43. The summed E-state index contributed by atoms with van der Waals surface area (Å²) in [6, 6.07) is 6.21. The van der Waals surface area contributed by atoms with Crippen LogP contribution in [0.2, 0.25) is 0 Å². The zero-order valence-electron chi connectivity index (χ0n) is 13.2. The summed E-state index contributed by atoms with van der Waals surface area (Å²) in [5.74, 6) is 0.585. The summed E-state index contributed by atoms with van der Waals surface area (Å²) in [6.07, 6.45) is 1.56. The first-order valence-electron chi connectivity index (χ1n) is 7.37. The molecule has 0 fully saturated rings. The van der Waals surface area contributed by atoms with Crippen molar-refractivity contribution in [2.75, 3.05) is 0 Å². The smallest absolute Gasteiger partial charge is 0.259 e. The van der Waals surface area contributed by atoms with E-state index in [4.69, 9.17) is 4.52 Å². The fourth-order valence-electron chi connectivity index (χ4n) is 2.21. The second kappa shape index (κ2) is 6.79. The van der Waals surface area contributed by atoms with Crippen molar-refractivity contribution in [2.24, 2.45) is 0 Å². The SMILES string of the molecule is Cc1noc(-c2ccc(=O)n(C(C)C(=O)NCc3cccs3)c2)n1. The molecule has 0 radical (unpaired) electrons. The Kier molecular flexibility index (Phi) is 4.57. The summed E-state index contributed by atoms with van der Waals surface area (Å²) in [5.41, 5.74) is 0.321. The molecule has 124 valence electrons. The van der Waals surface area contributed by atoms with Crippen LogP contribution in [0.4, 0.5) is 0 Å². The maximum Gasteiger partial charge on any atom is 0.259 e. The van der Waals surface area contributed by atoms with E-state index < -0.39 is 6.04 Å². The number of rotatable bonds is 5. The van der Waals surface area contributed by atoms with E-state index in [-0.39, 0.29) is 11.5 Å². The molecule has 3 heterocycles. The van der Waals surface area contributed by atoms with E-state index in [9.17, 15) is 9.59 Å². The Bertz CT molecular complexity index is 898. The van der Waals surface area contributed by atoms with Crippen molar-refractivity contribution in [1.29, 1.82) is 0 Å². The van der Waals surface area contributed by atoms with Crippen molar-refractivity contribution in [3.05, 3.63) is 56.9 Å². The summed E-state index contributed by atoms with van der Waals surface area (Å²) >= 11 is 1.57. The minimum atomic E-state index is -0.651. The second-order valence-corrected chi connectivity index (χ2v) is 6.32. The molecule has 8 heteroatoms. The Hall–Kier alpha value is -2.74. The van der Waals surface area contributed by atoms with Crippen molar-refractivity contribution < 1.29 is 9.32 Å². The van der Waals surface area contributed by atoms with Crippen molar-refractivity contribution in [2.45, 2.75) is 26.4 Å². The largest absolute Gasteiger partial charge is 0.349 e. The van der Waals surface area contributed by atoms with Gasteiger partial charge in [0, 0.05) is 17.1 Å². The third-order valence-corrected chi connectivity index (χ3v) is 4.40. The van der Waals surface area contributed by atoms with Crippen LogP contribution in [-0.4, -0.2) is 20.6 Å². The van der Waals surface area contributed by atoms with Crippen LogP contribution in [0.3, 0.4) is 0 Å². The van der Waals surface area contributed by atoms with Gasteiger partial charge in [0.15, 0.2) is 5.82 Å². The highest BCUT2D eigenvalue weighted by molar-refractivity contribution is 7.09. The van der Waals surface area contributed by atoms with Crippen molar-refractivity contribution in [1.82, 2.24) is 20.0 Å². The van der Waals surface area contributed by atoms with E-state index in [1.807, 2.05) is 17.5 Å². The van der Waals surface area contributed by atoms with Crippen LogP contribution in [0.25, 0.3) is 11.5 Å². The number of aromatic nitrogens is 3. The molecule has 0 aliphatic heterocycles. The minimum absolute atomic E-state index is 0.232. The minimum Gasteiger partial charge on any atom is -0.349 e. The second-order valence-electron chi connectivity index (χ2n) is 5.28. The first kappa shape index (κ1) is 16.1. The van der Waals surface area contributed by atoms with Crippen LogP contribution in [0.15, 0.2) is 45.2 Å². The lowest BCUT2D eigenvalue weighted by Gasteiger charge is -2.15. The Morgan fingerprint density at radius 2 is 2.25 bits per heavy atom. The van der Waals surface area contributed by atoms with Crippen LogP contribution < -0.4 is 10.9 Å². The van der Waals surface area contributed by atoms with E-state index in [0.717, 1.165) is 4.88 Å². The van der Waals surface area contributed by atoms with Gasteiger partial charge in [-0.1, -0.05) is 11.2 Å². The van der Waals surface area contributed by atoms with Crippen molar-refractivity contribution in [3.63, 3.8) is 0 Å². The molecule has 1 N–H and O–H groups in total. The Morgan fingerprint density at radius 1 is 1.42 bits per heavy atom. The van der Waals surface area contributed by atoms with Crippen LogP contribution in [0.5, 0.6) is 0 Å². The maximum absolute atomic E-state index is 12.3. The molecule has 3 aromatic heterocycles. The van der Waals surface area contributed by atoms with Gasteiger partial charge in [0.2, 0.25) is 5.91 Å². The number of aryl methyl sites for hydroxylation is 1. The number of carbonyl (C=O) groups is 1. The molecule has 1 unspecified atom stereocenters. The van der Waals surface area contributed by atoms with E-state index in [1.165, 1.54) is 10.6 Å². The number of pyridine rings is 1. The molecule has 0 saturated carbocycles. The normalized spacial score (nSPS) is 12.1. The molecule has 0 bridgehead atoms. The van der Waals surface area contributed by atoms with Gasteiger partial charge in [-0.25, -0.2) is 0 Å². The molecule has 1 amide bonds. The van der Waals surface area contributed by atoms with E-state index >= 15 is 0 Å². The molecular formula is C16H16N4O3S. The summed E-state index contributed by atoms with van der Waals surface area (Å²) < 4.78 is 6.47. The molecule has 0 saturated heterocycles. The van der Waals surface area contributed by atoms with Gasteiger partial charge in [-0.3, -0.25) is 9.59 Å². The topological polar surface area (TPSA) is 90.0 Å². The molecule has 0 spiro atoms. The quantitative estimate of drug-likeness (QED) is 0.766. The van der Waals surface area contributed by atoms with Gasteiger partial charge < -0.3 is 14.4 Å². The number of amides is 1. The van der Waals surface area contributed by atoms with Crippen LogP contribution in [-0.2, 0) is 11.3 Å². The summed E-state index contributed by atoms with van der Waals surface area (Å²) in [5, 5.41) is 8.52. The lowest BCUT2D eigenvalue weighted by Crippen LogP contribution is -2.35.